The number of nitrogens with zero attached hydrogens (tertiary/aromatic N) is 1. The number of nitrogens with one attached hydrogen (secondary N) is 1. The van der Waals surface area contributed by atoms with Crippen molar-refractivity contribution in [2.45, 2.75) is 26.1 Å². The molecule has 2 nitrogen and oxygen atoms in total. The van der Waals surface area contributed by atoms with E-state index in [1.807, 2.05) is 0 Å². The Bertz CT molecular complexity index is 656. The minimum Gasteiger partial charge on any atom is -0.354 e. The van der Waals surface area contributed by atoms with Gasteiger partial charge >= 0.3 is 0 Å². The molecule has 1 aromatic carbocycles. The summed E-state index contributed by atoms with van der Waals surface area (Å²) < 4.78 is 2.21. The molecule has 0 aliphatic rings. The van der Waals surface area contributed by atoms with Crippen LogP contribution in [-0.2, 0) is 13.1 Å². The van der Waals surface area contributed by atoms with Crippen LogP contribution >= 0.6 is 11.3 Å². The largest absolute Gasteiger partial charge is 0.354 e. The van der Waals surface area contributed by atoms with Gasteiger partial charge < -0.3 is 9.88 Å². The van der Waals surface area contributed by atoms with Crippen LogP contribution in [0.2, 0.25) is 0 Å². The number of hydrogen-bond acceptors (Lipinski definition) is 2. The fraction of sp³-hybridized carbons (Fsp3) is 0.222. The summed E-state index contributed by atoms with van der Waals surface area (Å²) in [6.45, 7) is 4.06. The molecular weight excluding hydrogens is 276 g/mol. The van der Waals surface area contributed by atoms with Crippen LogP contribution in [0.3, 0.4) is 0 Å². The van der Waals surface area contributed by atoms with Gasteiger partial charge in [0, 0.05) is 30.4 Å². The Morgan fingerprint density at radius 1 is 1.10 bits per heavy atom. The molecule has 1 N–H and O–H groups in total. The Hall–Kier alpha value is -1.84. The van der Waals surface area contributed by atoms with E-state index in [1.54, 1.807) is 11.3 Å². The van der Waals surface area contributed by atoms with E-state index in [-0.39, 0.29) is 6.04 Å². The summed E-state index contributed by atoms with van der Waals surface area (Å²) in [6.07, 6.45) is 4.35. The molecule has 0 aliphatic heterocycles. The number of rotatable bonds is 6. The molecule has 2 aromatic heterocycles. The molecule has 0 saturated carbocycles. The third-order valence-electron chi connectivity index (χ3n) is 3.65. The van der Waals surface area contributed by atoms with Gasteiger partial charge in [0.25, 0.3) is 0 Å². The molecule has 0 fully saturated rings. The first-order valence-electron chi connectivity index (χ1n) is 7.33. The summed E-state index contributed by atoms with van der Waals surface area (Å²) in [4.78, 5) is 1.36. The van der Waals surface area contributed by atoms with E-state index in [0.717, 1.165) is 13.1 Å². The minimum absolute atomic E-state index is 0.260. The molecule has 0 bridgehead atoms. The Morgan fingerprint density at radius 3 is 2.62 bits per heavy atom. The first kappa shape index (κ1) is 14.1. The van der Waals surface area contributed by atoms with E-state index < -0.39 is 0 Å². The maximum atomic E-state index is 3.69. The van der Waals surface area contributed by atoms with E-state index in [9.17, 15) is 0 Å². The second-order valence-electron chi connectivity index (χ2n) is 5.09. The molecule has 0 amide bonds. The van der Waals surface area contributed by atoms with Crippen LogP contribution in [0.1, 0.15) is 29.0 Å². The topological polar surface area (TPSA) is 17.0 Å². The Morgan fingerprint density at radius 2 is 1.95 bits per heavy atom. The molecule has 0 saturated heterocycles. The van der Waals surface area contributed by atoms with Crippen molar-refractivity contribution in [1.29, 1.82) is 0 Å². The predicted octanol–water partition coefficient (Wildman–Crippen LogP) is 4.45. The second kappa shape index (κ2) is 6.74. The van der Waals surface area contributed by atoms with Gasteiger partial charge in [-0.2, -0.15) is 0 Å². The Balaban J connectivity index is 1.77. The van der Waals surface area contributed by atoms with Crippen LogP contribution in [0.4, 0.5) is 0 Å². The third kappa shape index (κ3) is 3.43. The zero-order valence-electron chi connectivity index (χ0n) is 12.2. The quantitative estimate of drug-likeness (QED) is 0.711. The molecule has 0 aliphatic carbocycles. The van der Waals surface area contributed by atoms with Crippen LogP contribution in [0, 0.1) is 0 Å². The summed E-state index contributed by atoms with van der Waals surface area (Å²) in [5.41, 5.74) is 2.64. The van der Waals surface area contributed by atoms with E-state index in [2.05, 4.69) is 83.1 Å². The van der Waals surface area contributed by atoms with E-state index in [1.165, 1.54) is 16.0 Å². The average molecular weight is 296 g/mol. The molecule has 108 valence electrons. The van der Waals surface area contributed by atoms with E-state index >= 15 is 0 Å². The van der Waals surface area contributed by atoms with Crippen molar-refractivity contribution in [2.75, 3.05) is 0 Å². The van der Waals surface area contributed by atoms with Crippen LogP contribution < -0.4 is 5.32 Å². The van der Waals surface area contributed by atoms with E-state index in [0.29, 0.717) is 0 Å². The molecule has 0 radical (unpaired) electrons. The fourth-order valence-electron chi connectivity index (χ4n) is 2.50. The van der Waals surface area contributed by atoms with Gasteiger partial charge in [0.1, 0.15) is 0 Å². The summed E-state index contributed by atoms with van der Waals surface area (Å²) in [7, 11) is 0. The van der Waals surface area contributed by atoms with Gasteiger partial charge in [-0.15, -0.1) is 11.3 Å². The maximum Gasteiger partial charge on any atom is 0.0673 e. The monoisotopic (exact) mass is 296 g/mol. The highest BCUT2D eigenvalue weighted by Crippen LogP contribution is 2.26. The highest BCUT2D eigenvalue weighted by molar-refractivity contribution is 7.10. The van der Waals surface area contributed by atoms with Gasteiger partial charge in [-0.05, 0) is 35.6 Å². The molecule has 1 atom stereocenters. The number of hydrogen-bond donors (Lipinski definition) is 1. The van der Waals surface area contributed by atoms with Crippen molar-refractivity contribution in [1.82, 2.24) is 9.88 Å². The molecule has 0 spiro atoms. The maximum absolute atomic E-state index is 3.69. The lowest BCUT2D eigenvalue weighted by atomic mass is 10.1. The lowest BCUT2D eigenvalue weighted by Crippen LogP contribution is -2.21. The third-order valence-corrected chi connectivity index (χ3v) is 4.58. The molecule has 1 unspecified atom stereocenters. The molecular formula is C18H20N2S. The van der Waals surface area contributed by atoms with Crippen molar-refractivity contribution in [3.8, 4) is 0 Å². The van der Waals surface area contributed by atoms with Gasteiger partial charge in [0.2, 0.25) is 0 Å². The zero-order chi connectivity index (χ0) is 14.5. The second-order valence-corrected chi connectivity index (χ2v) is 6.07. The van der Waals surface area contributed by atoms with Crippen LogP contribution in [0.25, 0.3) is 0 Å². The van der Waals surface area contributed by atoms with Crippen molar-refractivity contribution >= 4 is 11.3 Å². The number of benzene rings is 1. The van der Waals surface area contributed by atoms with Crippen molar-refractivity contribution < 1.29 is 0 Å². The van der Waals surface area contributed by atoms with Gasteiger partial charge in [0.05, 0.1) is 6.04 Å². The highest BCUT2D eigenvalue weighted by Gasteiger charge is 2.14. The highest BCUT2D eigenvalue weighted by atomic mass is 32.1. The first-order chi connectivity index (χ1) is 10.4. The lowest BCUT2D eigenvalue weighted by Gasteiger charge is -2.17. The van der Waals surface area contributed by atoms with E-state index in [4.69, 9.17) is 0 Å². The molecule has 3 heteroatoms. The van der Waals surface area contributed by atoms with Crippen LogP contribution in [0.5, 0.6) is 0 Å². The SMILES string of the molecule is CCn1ccc(CNC(c2ccccc2)c2cccs2)c1. The molecule has 2 heterocycles. The van der Waals surface area contributed by atoms with Gasteiger partial charge in [0.15, 0.2) is 0 Å². The number of aromatic nitrogens is 1. The summed E-state index contributed by atoms with van der Waals surface area (Å²) in [5.74, 6) is 0. The smallest absolute Gasteiger partial charge is 0.0673 e. The fourth-order valence-corrected chi connectivity index (χ4v) is 3.32. The summed E-state index contributed by atoms with van der Waals surface area (Å²) >= 11 is 1.80. The van der Waals surface area contributed by atoms with Crippen LogP contribution in [-0.4, -0.2) is 4.57 Å². The lowest BCUT2D eigenvalue weighted by molar-refractivity contribution is 0.612. The predicted molar refractivity (Wildman–Crippen MR) is 89.5 cm³/mol. The normalized spacial score (nSPS) is 12.4. The molecule has 3 rings (SSSR count). The van der Waals surface area contributed by atoms with Gasteiger partial charge in [-0.25, -0.2) is 0 Å². The molecule has 21 heavy (non-hydrogen) atoms. The number of aryl methyl sites for hydroxylation is 1. The zero-order valence-corrected chi connectivity index (χ0v) is 13.0. The van der Waals surface area contributed by atoms with Crippen molar-refractivity contribution in [3.05, 3.63) is 82.3 Å². The van der Waals surface area contributed by atoms with Gasteiger partial charge in [-0.3, -0.25) is 0 Å². The molecule has 3 aromatic rings. The Kier molecular flexibility index (Phi) is 4.53. The first-order valence-corrected chi connectivity index (χ1v) is 8.21. The van der Waals surface area contributed by atoms with Crippen molar-refractivity contribution in [2.24, 2.45) is 0 Å². The standard InChI is InChI=1S/C18H20N2S/c1-2-20-11-10-15(14-20)13-19-18(17-9-6-12-21-17)16-7-4-3-5-8-16/h3-12,14,18-19H,2,13H2,1H3. The summed E-state index contributed by atoms with van der Waals surface area (Å²) in [6, 6.07) is 17.4. The average Bonchev–Trinajstić information content (AvgIpc) is 3.20. The van der Waals surface area contributed by atoms with Gasteiger partial charge in [-0.1, -0.05) is 36.4 Å². The van der Waals surface area contributed by atoms with Crippen molar-refractivity contribution in [3.63, 3.8) is 0 Å². The number of thiophene rings is 1. The van der Waals surface area contributed by atoms with Crippen LogP contribution in [0.15, 0.2) is 66.3 Å². The Labute approximate surface area is 130 Å². The minimum atomic E-state index is 0.260. The summed E-state index contributed by atoms with van der Waals surface area (Å²) in [5, 5.41) is 5.83.